The molecule has 3 aromatic carbocycles. The van der Waals surface area contributed by atoms with Crippen molar-refractivity contribution in [2.75, 3.05) is 18.0 Å². The van der Waals surface area contributed by atoms with E-state index in [1.165, 1.54) is 18.5 Å². The predicted molar refractivity (Wildman–Crippen MR) is 124 cm³/mol. The molecular formula is C25H25N5O. The Hall–Kier alpha value is -3.67. The van der Waals surface area contributed by atoms with Crippen molar-refractivity contribution in [2.24, 2.45) is 20.5 Å². The number of nitrogens with zero attached hydrogens (tertiary/aromatic N) is 5. The van der Waals surface area contributed by atoms with Crippen LogP contribution in [0.5, 0.6) is 0 Å². The van der Waals surface area contributed by atoms with Gasteiger partial charge in [0.1, 0.15) is 0 Å². The smallest absolute Gasteiger partial charge is 0.162 e. The lowest BCUT2D eigenvalue weighted by atomic mass is 10.1. The van der Waals surface area contributed by atoms with Gasteiger partial charge in [-0.3, -0.25) is 4.79 Å². The predicted octanol–water partition coefficient (Wildman–Crippen LogP) is 7.71. The highest BCUT2D eigenvalue weighted by Gasteiger charge is 2.11. The van der Waals surface area contributed by atoms with Crippen molar-refractivity contribution in [3.8, 4) is 0 Å². The van der Waals surface area contributed by atoms with Crippen LogP contribution in [-0.2, 0) is 0 Å². The lowest BCUT2D eigenvalue weighted by Gasteiger charge is -2.17. The first-order valence-corrected chi connectivity index (χ1v) is 10.6. The number of anilines is 1. The summed E-state index contributed by atoms with van der Waals surface area (Å²) in [7, 11) is 0. The van der Waals surface area contributed by atoms with Crippen LogP contribution in [0.25, 0.3) is 0 Å². The number of rotatable bonds is 7. The molecule has 0 spiro atoms. The summed E-state index contributed by atoms with van der Waals surface area (Å²) in [4.78, 5) is 14.1. The summed E-state index contributed by atoms with van der Waals surface area (Å²) < 4.78 is 0. The number of carbonyl (C=O) groups excluding carboxylic acids is 1. The Morgan fingerprint density at radius 3 is 1.48 bits per heavy atom. The molecule has 1 heterocycles. The summed E-state index contributed by atoms with van der Waals surface area (Å²) in [6, 6.07) is 22.8. The molecule has 0 bridgehead atoms. The highest BCUT2D eigenvalue weighted by atomic mass is 16.1. The zero-order valence-electron chi connectivity index (χ0n) is 17.6. The van der Waals surface area contributed by atoms with Crippen LogP contribution in [0.4, 0.5) is 28.4 Å². The monoisotopic (exact) mass is 411 g/mol. The molecule has 31 heavy (non-hydrogen) atoms. The van der Waals surface area contributed by atoms with Gasteiger partial charge in [-0.1, -0.05) is 6.92 Å². The highest BCUT2D eigenvalue weighted by molar-refractivity contribution is 5.96. The minimum atomic E-state index is 0.121. The Balaban J connectivity index is 1.35. The van der Waals surface area contributed by atoms with Gasteiger partial charge in [-0.25, -0.2) is 0 Å². The number of hydrogen-bond acceptors (Lipinski definition) is 6. The van der Waals surface area contributed by atoms with E-state index in [-0.39, 0.29) is 5.78 Å². The minimum absolute atomic E-state index is 0.121. The lowest BCUT2D eigenvalue weighted by molar-refractivity contribution is 0.0988. The van der Waals surface area contributed by atoms with Gasteiger partial charge in [-0.05, 0) is 85.6 Å². The zero-order valence-corrected chi connectivity index (χ0v) is 17.6. The van der Waals surface area contributed by atoms with Crippen molar-refractivity contribution in [2.45, 2.75) is 26.2 Å². The lowest BCUT2D eigenvalue weighted by Crippen LogP contribution is -2.17. The fourth-order valence-electron chi connectivity index (χ4n) is 3.44. The van der Waals surface area contributed by atoms with E-state index in [0.717, 1.165) is 30.2 Å². The van der Waals surface area contributed by atoms with Crippen molar-refractivity contribution in [3.05, 3.63) is 78.4 Å². The van der Waals surface area contributed by atoms with Gasteiger partial charge in [0.05, 0.1) is 22.7 Å². The first-order chi connectivity index (χ1) is 15.2. The van der Waals surface area contributed by atoms with Crippen LogP contribution in [0.15, 0.2) is 93.3 Å². The second-order valence-electron chi connectivity index (χ2n) is 7.45. The topological polar surface area (TPSA) is 69.7 Å². The Bertz CT molecular complexity index is 1060. The molecule has 0 N–H and O–H groups in total. The Morgan fingerprint density at radius 2 is 1.06 bits per heavy atom. The standard InChI is InChI=1S/C25H25N5O/c1-2-25(31)19-5-7-20(8-6-19)26-27-21-9-11-22(12-10-21)28-29-23-13-15-24(16-14-23)30-17-3-4-18-30/h5-16H,2-4,17-18H2,1H3. The summed E-state index contributed by atoms with van der Waals surface area (Å²) in [5.74, 6) is 0.121. The Labute approximate surface area is 182 Å². The third-order valence-electron chi connectivity index (χ3n) is 5.24. The molecule has 0 atom stereocenters. The van der Waals surface area contributed by atoms with Crippen LogP contribution in [0.3, 0.4) is 0 Å². The number of Topliss-reactive ketones (excluding diaryl/α,β-unsaturated/α-hetero) is 1. The van der Waals surface area contributed by atoms with Gasteiger partial charge >= 0.3 is 0 Å². The maximum Gasteiger partial charge on any atom is 0.162 e. The third kappa shape index (κ3) is 5.48. The normalized spacial score (nSPS) is 14.0. The second kappa shape index (κ2) is 9.89. The SMILES string of the molecule is CCC(=O)c1ccc(N=Nc2ccc(N=Nc3ccc(N4CCCC4)cc3)cc2)cc1. The first-order valence-electron chi connectivity index (χ1n) is 10.6. The number of carbonyl (C=O) groups is 1. The largest absolute Gasteiger partial charge is 0.372 e. The molecule has 0 aromatic heterocycles. The van der Waals surface area contributed by atoms with Crippen LogP contribution < -0.4 is 4.90 Å². The summed E-state index contributed by atoms with van der Waals surface area (Å²) in [5.41, 5.74) is 4.96. The summed E-state index contributed by atoms with van der Waals surface area (Å²) in [6.07, 6.45) is 3.03. The number of benzene rings is 3. The molecule has 1 fully saturated rings. The van der Waals surface area contributed by atoms with Gasteiger partial charge in [0, 0.05) is 30.8 Å². The average molecular weight is 412 g/mol. The first kappa shape index (κ1) is 20.6. The van der Waals surface area contributed by atoms with E-state index >= 15 is 0 Å². The fourth-order valence-corrected chi connectivity index (χ4v) is 3.44. The summed E-state index contributed by atoms with van der Waals surface area (Å²) in [6.45, 7) is 4.12. The number of azo groups is 2. The van der Waals surface area contributed by atoms with Gasteiger partial charge in [-0.2, -0.15) is 20.5 Å². The summed E-state index contributed by atoms with van der Waals surface area (Å²) in [5, 5.41) is 17.1. The van der Waals surface area contributed by atoms with E-state index in [0.29, 0.717) is 17.7 Å². The van der Waals surface area contributed by atoms with Crippen molar-refractivity contribution in [1.82, 2.24) is 0 Å². The fraction of sp³-hybridized carbons (Fsp3) is 0.240. The van der Waals surface area contributed by atoms with Crippen LogP contribution >= 0.6 is 0 Å². The second-order valence-corrected chi connectivity index (χ2v) is 7.45. The maximum atomic E-state index is 11.7. The molecule has 156 valence electrons. The molecular weight excluding hydrogens is 386 g/mol. The van der Waals surface area contributed by atoms with E-state index in [1.807, 2.05) is 43.3 Å². The van der Waals surface area contributed by atoms with Gasteiger partial charge < -0.3 is 4.90 Å². The van der Waals surface area contributed by atoms with Crippen LogP contribution in [0, 0.1) is 0 Å². The van der Waals surface area contributed by atoms with E-state index in [4.69, 9.17) is 0 Å². The van der Waals surface area contributed by atoms with Gasteiger partial charge in [0.2, 0.25) is 0 Å². The Morgan fingerprint density at radius 1 is 0.677 bits per heavy atom. The van der Waals surface area contributed by atoms with Crippen molar-refractivity contribution in [1.29, 1.82) is 0 Å². The molecule has 0 unspecified atom stereocenters. The van der Waals surface area contributed by atoms with Gasteiger partial charge in [0.25, 0.3) is 0 Å². The molecule has 1 saturated heterocycles. The van der Waals surface area contributed by atoms with E-state index in [9.17, 15) is 4.79 Å². The molecule has 6 heteroatoms. The number of hydrogen-bond donors (Lipinski definition) is 0. The van der Waals surface area contributed by atoms with E-state index in [1.54, 1.807) is 24.3 Å². The minimum Gasteiger partial charge on any atom is -0.372 e. The third-order valence-corrected chi connectivity index (χ3v) is 5.24. The molecule has 0 amide bonds. The molecule has 3 aromatic rings. The molecule has 6 nitrogen and oxygen atoms in total. The molecule has 0 saturated carbocycles. The Kier molecular flexibility index (Phi) is 6.57. The molecule has 0 radical (unpaired) electrons. The summed E-state index contributed by atoms with van der Waals surface area (Å²) >= 11 is 0. The molecule has 0 aliphatic carbocycles. The number of ketones is 1. The average Bonchev–Trinajstić information content (AvgIpc) is 3.37. The van der Waals surface area contributed by atoms with Crippen LogP contribution in [0.2, 0.25) is 0 Å². The molecule has 4 rings (SSSR count). The van der Waals surface area contributed by atoms with Crippen LogP contribution in [0.1, 0.15) is 36.5 Å². The van der Waals surface area contributed by atoms with Gasteiger partial charge in [-0.15, -0.1) is 0 Å². The zero-order chi connectivity index (χ0) is 21.5. The highest BCUT2D eigenvalue weighted by Crippen LogP contribution is 2.26. The van der Waals surface area contributed by atoms with Gasteiger partial charge in [0.15, 0.2) is 5.78 Å². The molecule has 1 aliphatic heterocycles. The molecule has 1 aliphatic rings. The van der Waals surface area contributed by atoms with Crippen molar-refractivity contribution < 1.29 is 4.79 Å². The van der Waals surface area contributed by atoms with E-state index < -0.39 is 0 Å². The van der Waals surface area contributed by atoms with Crippen molar-refractivity contribution >= 4 is 34.2 Å². The maximum absolute atomic E-state index is 11.7. The van der Waals surface area contributed by atoms with Crippen LogP contribution in [-0.4, -0.2) is 18.9 Å². The quantitative estimate of drug-likeness (QED) is 0.295. The van der Waals surface area contributed by atoms with Crippen molar-refractivity contribution in [3.63, 3.8) is 0 Å². The van der Waals surface area contributed by atoms with E-state index in [2.05, 4.69) is 37.5 Å².